The van der Waals surface area contributed by atoms with Crippen LogP contribution in [-0.4, -0.2) is 79.6 Å². The molecule has 0 aromatic heterocycles. The maximum Gasteiger partial charge on any atom is 0.236 e. The third-order valence-corrected chi connectivity index (χ3v) is 5.35. The summed E-state index contributed by atoms with van der Waals surface area (Å²) in [5, 5.41) is 0.724. The lowest BCUT2D eigenvalue weighted by Gasteiger charge is -2.40. The quantitative estimate of drug-likeness (QED) is 0.833. The van der Waals surface area contributed by atoms with Crippen LogP contribution in [0.4, 0.5) is 0 Å². The van der Waals surface area contributed by atoms with E-state index in [1.807, 2.05) is 29.2 Å². The van der Waals surface area contributed by atoms with E-state index >= 15 is 0 Å². The molecule has 2 aliphatic rings. The Morgan fingerprint density at radius 2 is 1.96 bits per heavy atom. The monoisotopic (exact) mass is 351 g/mol. The van der Waals surface area contributed by atoms with Crippen molar-refractivity contribution in [2.75, 3.05) is 52.9 Å². The minimum atomic E-state index is -0.0739. The van der Waals surface area contributed by atoms with Crippen LogP contribution in [0.25, 0.3) is 0 Å². The number of hydrogen-bond acceptors (Lipinski definition) is 4. The zero-order chi connectivity index (χ0) is 17.1. The topological polar surface area (TPSA) is 36.0 Å². The first-order valence-corrected chi connectivity index (χ1v) is 8.99. The van der Waals surface area contributed by atoms with E-state index in [0.29, 0.717) is 19.7 Å². The Morgan fingerprint density at radius 1 is 1.25 bits per heavy atom. The van der Waals surface area contributed by atoms with Crippen LogP contribution in [0.5, 0.6) is 0 Å². The fourth-order valence-corrected chi connectivity index (χ4v) is 3.54. The molecule has 6 heteroatoms. The molecule has 1 aromatic rings. The Hall–Kier alpha value is -1.14. The van der Waals surface area contributed by atoms with E-state index in [4.69, 9.17) is 16.3 Å². The SMILES string of the molecule is CC1COC(c2ccccc2Cl)CN1CC(=O)N1CCN(C)CC1. The number of carbonyl (C=O) groups excluding carboxylic acids is 1. The molecule has 5 nitrogen and oxygen atoms in total. The summed E-state index contributed by atoms with van der Waals surface area (Å²) >= 11 is 6.30. The summed E-state index contributed by atoms with van der Waals surface area (Å²) in [6, 6.07) is 8.02. The number of piperazine rings is 1. The molecular formula is C18H26ClN3O2. The predicted molar refractivity (Wildman–Crippen MR) is 95.3 cm³/mol. The van der Waals surface area contributed by atoms with Crippen LogP contribution in [0.15, 0.2) is 24.3 Å². The van der Waals surface area contributed by atoms with Crippen LogP contribution in [0.3, 0.4) is 0 Å². The molecule has 2 atom stereocenters. The van der Waals surface area contributed by atoms with Crippen molar-refractivity contribution in [1.82, 2.24) is 14.7 Å². The van der Waals surface area contributed by atoms with Crippen LogP contribution < -0.4 is 0 Å². The van der Waals surface area contributed by atoms with Crippen LogP contribution >= 0.6 is 11.6 Å². The Morgan fingerprint density at radius 3 is 2.67 bits per heavy atom. The molecule has 132 valence electrons. The van der Waals surface area contributed by atoms with Gasteiger partial charge in [-0.25, -0.2) is 0 Å². The Bertz CT molecular complexity index is 575. The fraction of sp³-hybridized carbons (Fsp3) is 0.611. The van der Waals surface area contributed by atoms with Crippen LogP contribution in [0.2, 0.25) is 5.02 Å². The van der Waals surface area contributed by atoms with E-state index in [1.54, 1.807) is 0 Å². The average molecular weight is 352 g/mol. The maximum atomic E-state index is 12.6. The number of benzene rings is 1. The number of halogens is 1. The molecule has 0 N–H and O–H groups in total. The van der Waals surface area contributed by atoms with Crippen molar-refractivity contribution in [2.24, 2.45) is 0 Å². The summed E-state index contributed by atoms with van der Waals surface area (Å²) < 4.78 is 5.97. The zero-order valence-electron chi connectivity index (χ0n) is 14.4. The number of carbonyl (C=O) groups is 1. The first kappa shape index (κ1) is 17.7. The normalized spacial score (nSPS) is 26.5. The molecule has 1 amide bonds. The highest BCUT2D eigenvalue weighted by atomic mass is 35.5. The van der Waals surface area contributed by atoms with Gasteiger partial charge in [0.15, 0.2) is 0 Å². The second-order valence-electron chi connectivity index (χ2n) is 6.81. The van der Waals surface area contributed by atoms with E-state index in [2.05, 4.69) is 23.8 Å². The van der Waals surface area contributed by atoms with Crippen molar-refractivity contribution in [3.05, 3.63) is 34.9 Å². The van der Waals surface area contributed by atoms with Gasteiger partial charge in [-0.3, -0.25) is 9.69 Å². The Labute approximate surface area is 149 Å². The molecule has 0 aliphatic carbocycles. The zero-order valence-corrected chi connectivity index (χ0v) is 15.2. The summed E-state index contributed by atoms with van der Waals surface area (Å²) in [7, 11) is 2.10. The number of nitrogens with zero attached hydrogens (tertiary/aromatic N) is 3. The second kappa shape index (κ2) is 7.83. The summed E-state index contributed by atoms with van der Waals surface area (Å²) in [6.45, 7) is 7.43. The number of rotatable bonds is 3. The first-order chi connectivity index (χ1) is 11.5. The minimum absolute atomic E-state index is 0.0739. The molecule has 0 saturated carbocycles. The lowest BCUT2D eigenvalue weighted by Crippen LogP contribution is -2.53. The molecule has 0 spiro atoms. The minimum Gasteiger partial charge on any atom is -0.371 e. The van der Waals surface area contributed by atoms with Crippen molar-refractivity contribution in [3.63, 3.8) is 0 Å². The van der Waals surface area contributed by atoms with Crippen molar-refractivity contribution in [2.45, 2.75) is 19.1 Å². The lowest BCUT2D eigenvalue weighted by molar-refractivity contribution is -0.138. The molecule has 2 saturated heterocycles. The predicted octanol–water partition coefficient (Wildman–Crippen LogP) is 1.88. The molecule has 0 bridgehead atoms. The van der Waals surface area contributed by atoms with Gasteiger partial charge in [-0.2, -0.15) is 0 Å². The molecule has 3 rings (SSSR count). The summed E-state index contributed by atoms with van der Waals surface area (Å²) in [4.78, 5) is 19.1. The van der Waals surface area contributed by atoms with Gasteiger partial charge in [-0.05, 0) is 20.0 Å². The maximum absolute atomic E-state index is 12.6. The van der Waals surface area contributed by atoms with E-state index < -0.39 is 0 Å². The van der Waals surface area contributed by atoms with Crippen molar-refractivity contribution >= 4 is 17.5 Å². The van der Waals surface area contributed by atoms with Crippen molar-refractivity contribution in [1.29, 1.82) is 0 Å². The van der Waals surface area contributed by atoms with Crippen LogP contribution in [0, 0.1) is 0 Å². The highest BCUT2D eigenvalue weighted by Gasteiger charge is 2.31. The van der Waals surface area contributed by atoms with Gasteiger partial charge < -0.3 is 14.5 Å². The molecule has 1 aromatic carbocycles. The molecule has 2 unspecified atom stereocenters. The Kier molecular flexibility index (Phi) is 5.76. The molecule has 0 radical (unpaired) electrons. The van der Waals surface area contributed by atoms with Crippen molar-refractivity contribution < 1.29 is 9.53 Å². The standard InChI is InChI=1S/C18H26ClN3O2/c1-14-13-24-17(15-5-3-4-6-16(15)19)11-22(14)12-18(23)21-9-7-20(2)8-10-21/h3-6,14,17H,7-13H2,1-2H3. The molecule has 2 heterocycles. The van der Waals surface area contributed by atoms with Gasteiger partial charge in [0.25, 0.3) is 0 Å². The van der Waals surface area contributed by atoms with E-state index in [9.17, 15) is 4.79 Å². The third-order valence-electron chi connectivity index (χ3n) is 5.01. The first-order valence-electron chi connectivity index (χ1n) is 8.61. The lowest BCUT2D eigenvalue weighted by atomic mass is 10.1. The highest BCUT2D eigenvalue weighted by Crippen LogP contribution is 2.29. The smallest absolute Gasteiger partial charge is 0.236 e. The summed E-state index contributed by atoms with van der Waals surface area (Å²) in [6.07, 6.45) is -0.0739. The average Bonchev–Trinajstić information content (AvgIpc) is 2.58. The van der Waals surface area contributed by atoms with Gasteiger partial charge in [-0.1, -0.05) is 29.8 Å². The van der Waals surface area contributed by atoms with Gasteiger partial charge in [0.2, 0.25) is 5.91 Å². The molecule has 24 heavy (non-hydrogen) atoms. The Balaban J connectivity index is 1.62. The van der Waals surface area contributed by atoms with Crippen LogP contribution in [-0.2, 0) is 9.53 Å². The fourth-order valence-electron chi connectivity index (χ4n) is 3.28. The number of ether oxygens (including phenoxy) is 1. The van der Waals surface area contributed by atoms with Gasteiger partial charge in [0.1, 0.15) is 0 Å². The number of morpholine rings is 1. The summed E-state index contributed by atoms with van der Waals surface area (Å²) in [5.74, 6) is 0.217. The molecule has 2 aliphatic heterocycles. The molecule has 2 fully saturated rings. The van der Waals surface area contributed by atoms with Gasteiger partial charge in [0.05, 0.1) is 19.3 Å². The van der Waals surface area contributed by atoms with Gasteiger partial charge in [-0.15, -0.1) is 0 Å². The number of hydrogen-bond donors (Lipinski definition) is 0. The largest absolute Gasteiger partial charge is 0.371 e. The van der Waals surface area contributed by atoms with Gasteiger partial charge in [0, 0.05) is 49.4 Å². The van der Waals surface area contributed by atoms with E-state index in [1.165, 1.54) is 0 Å². The van der Waals surface area contributed by atoms with Crippen LogP contribution in [0.1, 0.15) is 18.6 Å². The molecular weight excluding hydrogens is 326 g/mol. The second-order valence-corrected chi connectivity index (χ2v) is 7.21. The van der Waals surface area contributed by atoms with Gasteiger partial charge >= 0.3 is 0 Å². The number of likely N-dealkylation sites (N-methyl/N-ethyl adjacent to an activating group) is 1. The summed E-state index contributed by atoms with van der Waals surface area (Å²) in [5.41, 5.74) is 1.00. The van der Waals surface area contributed by atoms with E-state index in [0.717, 1.165) is 36.8 Å². The highest BCUT2D eigenvalue weighted by molar-refractivity contribution is 6.31. The number of amides is 1. The van der Waals surface area contributed by atoms with Crippen molar-refractivity contribution in [3.8, 4) is 0 Å². The van der Waals surface area contributed by atoms with E-state index in [-0.39, 0.29) is 18.1 Å². The third kappa shape index (κ3) is 4.09.